The van der Waals surface area contributed by atoms with Crippen LogP contribution in [0, 0.1) is 21.7 Å². The van der Waals surface area contributed by atoms with E-state index in [2.05, 4.69) is 10.6 Å². The summed E-state index contributed by atoms with van der Waals surface area (Å²) in [5.41, 5.74) is -0.899. The first-order valence-electron chi connectivity index (χ1n) is 5.68. The number of hydrogen-bond donors (Lipinski definition) is 2. The van der Waals surface area contributed by atoms with E-state index in [9.17, 15) is 18.9 Å². The molecule has 7 heteroatoms. The van der Waals surface area contributed by atoms with Gasteiger partial charge in [-0.15, -0.1) is 0 Å². The molecule has 1 aromatic rings. The van der Waals surface area contributed by atoms with Crippen molar-refractivity contribution in [3.63, 3.8) is 0 Å². The Morgan fingerprint density at radius 3 is 2.61 bits per heavy atom. The third-order valence-electron chi connectivity index (χ3n) is 2.93. The van der Waals surface area contributed by atoms with Crippen molar-refractivity contribution in [3.05, 3.63) is 33.9 Å². The van der Waals surface area contributed by atoms with Crippen molar-refractivity contribution in [2.45, 2.75) is 18.9 Å². The maximum absolute atomic E-state index is 13.5. The van der Waals surface area contributed by atoms with Gasteiger partial charge in [0.05, 0.1) is 17.1 Å². The second-order valence-electron chi connectivity index (χ2n) is 4.22. The summed E-state index contributed by atoms with van der Waals surface area (Å²) in [6.45, 7) is 1.29. The molecule has 1 unspecified atom stereocenters. The van der Waals surface area contributed by atoms with E-state index in [1.165, 1.54) is 0 Å². The van der Waals surface area contributed by atoms with E-state index in [-0.39, 0.29) is 11.7 Å². The number of non-ortho nitro benzene ring substituents is 1. The minimum atomic E-state index is -0.945. The molecule has 18 heavy (non-hydrogen) atoms. The molecule has 1 aliphatic rings. The van der Waals surface area contributed by atoms with Crippen LogP contribution in [-0.2, 0) is 0 Å². The second-order valence-corrected chi connectivity index (χ2v) is 4.22. The van der Waals surface area contributed by atoms with Gasteiger partial charge in [-0.05, 0) is 19.4 Å². The highest BCUT2D eigenvalue weighted by atomic mass is 19.1. The number of anilines is 1. The number of nitro groups is 1. The summed E-state index contributed by atoms with van der Waals surface area (Å²) in [6, 6.07) is 1.61. The number of halogens is 2. The van der Waals surface area contributed by atoms with Gasteiger partial charge in [-0.2, -0.15) is 0 Å². The van der Waals surface area contributed by atoms with Crippen molar-refractivity contribution in [1.82, 2.24) is 5.32 Å². The van der Waals surface area contributed by atoms with E-state index in [0.29, 0.717) is 18.7 Å². The zero-order valence-electron chi connectivity index (χ0n) is 9.58. The topological polar surface area (TPSA) is 67.2 Å². The van der Waals surface area contributed by atoms with Crippen molar-refractivity contribution in [2.75, 3.05) is 18.4 Å². The number of benzene rings is 1. The number of hydrogen-bond acceptors (Lipinski definition) is 4. The number of rotatable bonds is 4. The van der Waals surface area contributed by atoms with Crippen molar-refractivity contribution >= 4 is 11.4 Å². The zero-order chi connectivity index (χ0) is 13.1. The standard InChI is InChI=1S/C11H13F2N3O2/c12-9-4-8(16(17)18)5-10(13)11(9)15-6-7-2-1-3-14-7/h4-5,7,14-15H,1-3,6H2. The van der Waals surface area contributed by atoms with Gasteiger partial charge in [-0.25, -0.2) is 8.78 Å². The van der Waals surface area contributed by atoms with Gasteiger partial charge in [0.25, 0.3) is 5.69 Å². The Morgan fingerprint density at radius 2 is 2.11 bits per heavy atom. The van der Waals surface area contributed by atoms with Crippen LogP contribution in [0.4, 0.5) is 20.2 Å². The van der Waals surface area contributed by atoms with Crippen LogP contribution in [0.2, 0.25) is 0 Å². The molecule has 98 valence electrons. The lowest BCUT2D eigenvalue weighted by Gasteiger charge is -2.13. The largest absolute Gasteiger partial charge is 0.379 e. The van der Waals surface area contributed by atoms with Gasteiger partial charge in [0.2, 0.25) is 0 Å². The third-order valence-corrected chi connectivity index (χ3v) is 2.93. The Hall–Kier alpha value is -1.76. The monoisotopic (exact) mass is 257 g/mol. The van der Waals surface area contributed by atoms with Gasteiger partial charge in [0.15, 0.2) is 11.6 Å². The molecule has 0 aliphatic carbocycles. The molecule has 2 N–H and O–H groups in total. The highest BCUT2D eigenvalue weighted by Crippen LogP contribution is 2.24. The van der Waals surface area contributed by atoms with Gasteiger partial charge in [0, 0.05) is 12.6 Å². The average molecular weight is 257 g/mol. The molecule has 5 nitrogen and oxygen atoms in total. The summed E-state index contributed by atoms with van der Waals surface area (Å²) in [4.78, 5) is 9.60. The SMILES string of the molecule is O=[N+]([O-])c1cc(F)c(NCC2CCCN2)c(F)c1. The van der Waals surface area contributed by atoms with E-state index < -0.39 is 22.2 Å². The van der Waals surface area contributed by atoms with Gasteiger partial charge < -0.3 is 10.6 Å². The van der Waals surface area contributed by atoms with Gasteiger partial charge in [-0.3, -0.25) is 10.1 Å². The Balaban J connectivity index is 2.10. The lowest BCUT2D eigenvalue weighted by atomic mass is 10.2. The van der Waals surface area contributed by atoms with E-state index in [4.69, 9.17) is 0 Å². The Kier molecular flexibility index (Phi) is 3.71. The molecule has 0 bridgehead atoms. The fraction of sp³-hybridized carbons (Fsp3) is 0.455. The van der Waals surface area contributed by atoms with Crippen LogP contribution in [0.5, 0.6) is 0 Å². The van der Waals surface area contributed by atoms with Crippen molar-refractivity contribution < 1.29 is 13.7 Å². The smallest absolute Gasteiger partial charge is 0.275 e. The molecule has 0 spiro atoms. The molecule has 1 heterocycles. The van der Waals surface area contributed by atoms with Crippen molar-refractivity contribution in [1.29, 1.82) is 0 Å². The Labute approximate surface area is 102 Å². The summed E-state index contributed by atoms with van der Waals surface area (Å²) in [5, 5.41) is 16.3. The predicted octanol–water partition coefficient (Wildman–Crippen LogP) is 2.04. The quantitative estimate of drug-likeness (QED) is 0.639. The summed E-state index contributed by atoms with van der Waals surface area (Å²) < 4.78 is 27.0. The minimum Gasteiger partial charge on any atom is -0.379 e. The molecule has 2 rings (SSSR count). The fourth-order valence-electron chi connectivity index (χ4n) is 1.99. The molecule has 0 amide bonds. The second kappa shape index (κ2) is 5.26. The fourth-order valence-corrected chi connectivity index (χ4v) is 1.99. The minimum absolute atomic E-state index is 0.180. The van der Waals surface area contributed by atoms with Crippen LogP contribution >= 0.6 is 0 Å². The van der Waals surface area contributed by atoms with Crippen LogP contribution in [0.3, 0.4) is 0 Å². The first-order valence-corrected chi connectivity index (χ1v) is 5.68. The average Bonchev–Trinajstić information content (AvgIpc) is 2.80. The predicted molar refractivity (Wildman–Crippen MR) is 62.5 cm³/mol. The van der Waals surface area contributed by atoms with E-state index in [0.717, 1.165) is 19.4 Å². The molecular formula is C11H13F2N3O2. The maximum atomic E-state index is 13.5. The van der Waals surface area contributed by atoms with Crippen LogP contribution in [0.25, 0.3) is 0 Å². The molecule has 1 fully saturated rings. The molecule has 0 saturated carbocycles. The van der Waals surface area contributed by atoms with Crippen LogP contribution in [-0.4, -0.2) is 24.1 Å². The van der Waals surface area contributed by atoms with Crippen LogP contribution in [0.1, 0.15) is 12.8 Å². The molecule has 1 saturated heterocycles. The molecule has 1 aromatic carbocycles. The van der Waals surface area contributed by atoms with Gasteiger partial charge in [0.1, 0.15) is 5.69 Å². The van der Waals surface area contributed by atoms with Gasteiger partial charge >= 0.3 is 0 Å². The van der Waals surface area contributed by atoms with E-state index in [1.807, 2.05) is 0 Å². The lowest BCUT2D eigenvalue weighted by Crippen LogP contribution is -2.29. The Bertz CT molecular complexity index is 439. The van der Waals surface area contributed by atoms with Crippen molar-refractivity contribution in [2.24, 2.45) is 0 Å². The summed E-state index contributed by atoms with van der Waals surface area (Å²) in [7, 11) is 0. The highest BCUT2D eigenvalue weighted by Gasteiger charge is 2.19. The highest BCUT2D eigenvalue weighted by molar-refractivity contribution is 5.51. The first-order chi connectivity index (χ1) is 8.58. The summed E-state index contributed by atoms with van der Waals surface area (Å²) >= 11 is 0. The number of nitrogens with zero attached hydrogens (tertiary/aromatic N) is 1. The zero-order valence-corrected chi connectivity index (χ0v) is 9.58. The lowest BCUT2D eigenvalue weighted by molar-refractivity contribution is -0.385. The summed E-state index contributed by atoms with van der Waals surface area (Å²) in [5.74, 6) is -1.89. The number of nitrogens with one attached hydrogen (secondary N) is 2. The molecular weight excluding hydrogens is 244 g/mol. The molecule has 1 aliphatic heterocycles. The molecule has 0 aromatic heterocycles. The number of nitro benzene ring substituents is 1. The van der Waals surface area contributed by atoms with Crippen molar-refractivity contribution in [3.8, 4) is 0 Å². The maximum Gasteiger partial charge on any atom is 0.275 e. The first kappa shape index (κ1) is 12.7. The van der Waals surface area contributed by atoms with Crippen LogP contribution < -0.4 is 10.6 Å². The molecule has 1 atom stereocenters. The van der Waals surface area contributed by atoms with E-state index >= 15 is 0 Å². The summed E-state index contributed by atoms with van der Waals surface area (Å²) in [6.07, 6.45) is 1.99. The van der Waals surface area contributed by atoms with Crippen LogP contribution in [0.15, 0.2) is 12.1 Å². The Morgan fingerprint density at radius 1 is 1.44 bits per heavy atom. The third kappa shape index (κ3) is 2.73. The van der Waals surface area contributed by atoms with Gasteiger partial charge in [-0.1, -0.05) is 0 Å². The molecule has 0 radical (unpaired) electrons. The van der Waals surface area contributed by atoms with E-state index in [1.54, 1.807) is 0 Å². The normalized spacial score (nSPS) is 18.9.